The minimum atomic E-state index is 0.434. The van der Waals surface area contributed by atoms with E-state index in [0.717, 1.165) is 0 Å². The van der Waals surface area contributed by atoms with Crippen LogP contribution in [0.3, 0.4) is 0 Å². The zero-order valence-electron chi connectivity index (χ0n) is 11.3. The summed E-state index contributed by atoms with van der Waals surface area (Å²) in [5.74, 6) is 0.714. The van der Waals surface area contributed by atoms with Crippen molar-refractivity contribution in [2.24, 2.45) is 5.92 Å². The SMILES string of the molecule is CCCC(CCC)C(Br)c1cc(Br)c(C)cc1Br. The Morgan fingerprint density at radius 2 is 1.56 bits per heavy atom. The topological polar surface area (TPSA) is 0 Å². The third-order valence-corrected chi connectivity index (χ3v) is 6.09. The fourth-order valence-electron chi connectivity index (χ4n) is 2.31. The van der Waals surface area contributed by atoms with Crippen LogP contribution in [0.15, 0.2) is 21.1 Å². The molecule has 0 saturated carbocycles. The van der Waals surface area contributed by atoms with Crippen LogP contribution in [-0.4, -0.2) is 0 Å². The van der Waals surface area contributed by atoms with Gasteiger partial charge in [0.1, 0.15) is 0 Å². The number of benzene rings is 1. The van der Waals surface area contributed by atoms with Crippen molar-refractivity contribution in [3.63, 3.8) is 0 Å². The van der Waals surface area contributed by atoms with E-state index in [1.54, 1.807) is 0 Å². The van der Waals surface area contributed by atoms with E-state index in [1.807, 2.05) is 0 Å². The molecule has 0 aliphatic rings. The van der Waals surface area contributed by atoms with Gasteiger partial charge in [0.2, 0.25) is 0 Å². The predicted octanol–water partition coefficient (Wildman–Crippen LogP) is 7.17. The first-order valence-corrected chi connectivity index (χ1v) is 9.11. The van der Waals surface area contributed by atoms with Crippen LogP contribution in [0.5, 0.6) is 0 Å². The van der Waals surface area contributed by atoms with Gasteiger partial charge in [0.15, 0.2) is 0 Å². The van der Waals surface area contributed by atoms with E-state index in [0.29, 0.717) is 10.7 Å². The monoisotopic (exact) mass is 438 g/mol. The van der Waals surface area contributed by atoms with E-state index in [2.05, 4.69) is 80.7 Å². The molecule has 0 amide bonds. The first kappa shape index (κ1) is 16.7. The van der Waals surface area contributed by atoms with E-state index < -0.39 is 0 Å². The van der Waals surface area contributed by atoms with Gasteiger partial charge in [-0.25, -0.2) is 0 Å². The molecule has 0 spiro atoms. The highest BCUT2D eigenvalue weighted by molar-refractivity contribution is 9.11. The van der Waals surface area contributed by atoms with Crippen molar-refractivity contribution in [2.75, 3.05) is 0 Å². The zero-order chi connectivity index (χ0) is 13.7. The van der Waals surface area contributed by atoms with E-state index >= 15 is 0 Å². The molecule has 18 heavy (non-hydrogen) atoms. The third-order valence-electron chi connectivity index (χ3n) is 3.31. The minimum absolute atomic E-state index is 0.434. The Bertz CT molecular complexity index is 382. The van der Waals surface area contributed by atoms with Crippen LogP contribution in [0, 0.1) is 12.8 Å². The first-order chi connectivity index (χ1) is 8.51. The molecule has 1 aromatic carbocycles. The number of aryl methyl sites for hydroxylation is 1. The Kier molecular flexibility index (Phi) is 7.48. The number of halogens is 3. The molecule has 0 fully saturated rings. The lowest BCUT2D eigenvalue weighted by atomic mass is 9.91. The maximum atomic E-state index is 3.91. The molecule has 0 aliphatic heterocycles. The van der Waals surface area contributed by atoms with Crippen LogP contribution in [0.2, 0.25) is 0 Å². The summed E-state index contributed by atoms with van der Waals surface area (Å²) in [6, 6.07) is 4.44. The summed E-state index contributed by atoms with van der Waals surface area (Å²) in [5, 5.41) is 0. The molecule has 1 aromatic rings. The van der Waals surface area contributed by atoms with Crippen LogP contribution < -0.4 is 0 Å². The van der Waals surface area contributed by atoms with Gasteiger partial charge in [0.05, 0.1) is 0 Å². The van der Waals surface area contributed by atoms with Crippen LogP contribution in [0.1, 0.15) is 55.5 Å². The highest BCUT2D eigenvalue weighted by Gasteiger charge is 2.21. The molecule has 102 valence electrons. The van der Waals surface area contributed by atoms with Crippen molar-refractivity contribution in [1.29, 1.82) is 0 Å². The maximum absolute atomic E-state index is 3.91. The van der Waals surface area contributed by atoms with Crippen molar-refractivity contribution >= 4 is 47.8 Å². The molecule has 0 saturated heterocycles. The third kappa shape index (κ3) is 4.35. The van der Waals surface area contributed by atoms with Gasteiger partial charge in [0.25, 0.3) is 0 Å². The lowest BCUT2D eigenvalue weighted by Crippen LogP contribution is -2.08. The average Bonchev–Trinajstić information content (AvgIpc) is 2.33. The summed E-state index contributed by atoms with van der Waals surface area (Å²) >= 11 is 11.2. The second kappa shape index (κ2) is 8.06. The lowest BCUT2D eigenvalue weighted by molar-refractivity contribution is 0.434. The summed E-state index contributed by atoms with van der Waals surface area (Å²) in [7, 11) is 0. The van der Waals surface area contributed by atoms with Crippen molar-refractivity contribution in [2.45, 2.75) is 51.3 Å². The molecule has 1 unspecified atom stereocenters. The summed E-state index contributed by atoms with van der Waals surface area (Å²) in [5.41, 5.74) is 2.63. The Balaban J connectivity index is 3.00. The summed E-state index contributed by atoms with van der Waals surface area (Å²) in [6.45, 7) is 6.66. The van der Waals surface area contributed by atoms with Crippen LogP contribution >= 0.6 is 47.8 Å². The molecule has 1 atom stereocenters. The van der Waals surface area contributed by atoms with Crippen molar-refractivity contribution < 1.29 is 0 Å². The molecule has 0 radical (unpaired) electrons. The van der Waals surface area contributed by atoms with Gasteiger partial charge in [-0.1, -0.05) is 74.5 Å². The van der Waals surface area contributed by atoms with E-state index in [1.165, 1.54) is 45.8 Å². The van der Waals surface area contributed by atoms with Gasteiger partial charge < -0.3 is 0 Å². The minimum Gasteiger partial charge on any atom is -0.0835 e. The number of rotatable bonds is 6. The van der Waals surface area contributed by atoms with Crippen LogP contribution in [-0.2, 0) is 0 Å². The van der Waals surface area contributed by atoms with Gasteiger partial charge in [-0.3, -0.25) is 0 Å². The van der Waals surface area contributed by atoms with Gasteiger partial charge in [-0.2, -0.15) is 0 Å². The predicted molar refractivity (Wildman–Crippen MR) is 91.6 cm³/mol. The average molecular weight is 441 g/mol. The van der Waals surface area contributed by atoms with Crippen molar-refractivity contribution in [1.82, 2.24) is 0 Å². The first-order valence-electron chi connectivity index (χ1n) is 6.60. The summed E-state index contributed by atoms with van der Waals surface area (Å²) < 4.78 is 2.40. The largest absolute Gasteiger partial charge is 0.0835 e. The molecular formula is C15H21Br3. The van der Waals surface area contributed by atoms with Gasteiger partial charge in [-0.15, -0.1) is 0 Å². The van der Waals surface area contributed by atoms with E-state index in [-0.39, 0.29) is 0 Å². The molecule has 0 N–H and O–H groups in total. The fourth-order valence-corrected chi connectivity index (χ4v) is 4.59. The number of alkyl halides is 1. The molecule has 0 bridgehead atoms. The van der Waals surface area contributed by atoms with Crippen molar-refractivity contribution in [3.05, 3.63) is 32.2 Å². The normalized spacial score (nSPS) is 13.1. The van der Waals surface area contributed by atoms with E-state index in [9.17, 15) is 0 Å². The van der Waals surface area contributed by atoms with Crippen LogP contribution in [0.25, 0.3) is 0 Å². The summed E-state index contributed by atoms with van der Waals surface area (Å²) in [4.78, 5) is 0.434. The van der Waals surface area contributed by atoms with Gasteiger partial charge >= 0.3 is 0 Å². The standard InChI is InChI=1S/C15H21Br3/c1-4-6-11(7-5-2)15(18)12-9-13(16)10(3)8-14(12)17/h8-9,11,15H,4-7H2,1-3H3. The lowest BCUT2D eigenvalue weighted by Gasteiger charge is -2.23. The molecule has 0 aliphatic carbocycles. The molecule has 3 heteroatoms. The fraction of sp³-hybridized carbons (Fsp3) is 0.600. The maximum Gasteiger partial charge on any atom is 0.0435 e. The molecular weight excluding hydrogens is 420 g/mol. The Hall–Kier alpha value is 0.660. The quantitative estimate of drug-likeness (QED) is 0.411. The smallest absolute Gasteiger partial charge is 0.0435 e. The zero-order valence-corrected chi connectivity index (χ0v) is 16.0. The second-order valence-electron chi connectivity index (χ2n) is 4.86. The Morgan fingerprint density at radius 3 is 2.06 bits per heavy atom. The van der Waals surface area contributed by atoms with Gasteiger partial charge in [0, 0.05) is 13.8 Å². The highest BCUT2D eigenvalue weighted by atomic mass is 79.9. The Labute approximate surface area is 136 Å². The molecule has 0 nitrogen and oxygen atoms in total. The molecule has 0 heterocycles. The molecule has 1 rings (SSSR count). The van der Waals surface area contributed by atoms with Crippen molar-refractivity contribution in [3.8, 4) is 0 Å². The summed E-state index contributed by atoms with van der Waals surface area (Å²) in [6.07, 6.45) is 5.05. The van der Waals surface area contributed by atoms with Crippen LogP contribution in [0.4, 0.5) is 0 Å². The van der Waals surface area contributed by atoms with Gasteiger partial charge in [-0.05, 0) is 48.9 Å². The number of hydrogen-bond donors (Lipinski definition) is 0. The molecule has 0 aromatic heterocycles. The number of hydrogen-bond acceptors (Lipinski definition) is 0. The van der Waals surface area contributed by atoms with E-state index in [4.69, 9.17) is 0 Å². The highest BCUT2D eigenvalue weighted by Crippen LogP contribution is 2.41. The Morgan fingerprint density at radius 1 is 1.00 bits per heavy atom. The second-order valence-corrected chi connectivity index (χ2v) is 7.56.